The molecular formula is C20H19N2P. The molecule has 1 atom stereocenters. The minimum absolute atomic E-state index is 0.745. The maximum atomic E-state index is 4.67. The lowest BCUT2D eigenvalue weighted by molar-refractivity contribution is 1.31. The second-order valence-electron chi connectivity index (χ2n) is 5.52. The summed E-state index contributed by atoms with van der Waals surface area (Å²) in [7, 11) is -0.745. The molecule has 0 bridgehead atoms. The minimum Gasteiger partial charge on any atom is -0.256 e. The smallest absolute Gasteiger partial charge is 0.0737 e. The van der Waals surface area contributed by atoms with Crippen LogP contribution in [0.3, 0.4) is 0 Å². The molecule has 114 valence electrons. The zero-order valence-corrected chi connectivity index (χ0v) is 14.3. The largest absolute Gasteiger partial charge is 0.256 e. The predicted molar refractivity (Wildman–Crippen MR) is 100 cm³/mol. The normalized spacial score (nSPS) is 11.9. The van der Waals surface area contributed by atoms with Crippen LogP contribution in [0.25, 0.3) is 6.08 Å². The summed E-state index contributed by atoms with van der Waals surface area (Å²) in [5.74, 6) is 0. The Morgan fingerprint density at radius 1 is 0.783 bits per heavy atom. The molecular weight excluding hydrogens is 299 g/mol. The zero-order valence-electron chi connectivity index (χ0n) is 13.4. The van der Waals surface area contributed by atoms with E-state index >= 15 is 0 Å². The number of hydrogen-bond acceptors (Lipinski definition) is 2. The minimum atomic E-state index is -0.745. The van der Waals surface area contributed by atoms with Crippen molar-refractivity contribution < 1.29 is 0 Å². The molecule has 0 saturated heterocycles. The second kappa shape index (κ2) is 6.85. The summed E-state index contributed by atoms with van der Waals surface area (Å²) in [6, 6.07) is 17.1. The molecule has 3 aromatic rings. The molecule has 1 unspecified atom stereocenters. The highest BCUT2D eigenvalue weighted by atomic mass is 31.1. The lowest BCUT2D eigenvalue weighted by Gasteiger charge is -2.17. The van der Waals surface area contributed by atoms with Crippen molar-refractivity contribution in [1.29, 1.82) is 0 Å². The van der Waals surface area contributed by atoms with E-state index in [1.54, 1.807) is 0 Å². The third-order valence-electron chi connectivity index (χ3n) is 3.65. The molecule has 0 aliphatic heterocycles. The number of aromatic nitrogens is 2. The Labute approximate surface area is 138 Å². The second-order valence-corrected chi connectivity index (χ2v) is 7.62. The molecule has 2 nitrogen and oxygen atoms in total. The number of nitrogens with zero attached hydrogens (tertiary/aromatic N) is 2. The monoisotopic (exact) mass is 318 g/mol. The first-order chi connectivity index (χ1) is 11.2. The fraction of sp³-hybridized carbons (Fsp3) is 0.100. The molecule has 0 N–H and O–H groups in total. The fourth-order valence-corrected chi connectivity index (χ4v) is 4.32. The molecule has 0 aliphatic carbocycles. The van der Waals surface area contributed by atoms with Gasteiger partial charge in [0.2, 0.25) is 0 Å². The van der Waals surface area contributed by atoms with E-state index in [9.17, 15) is 0 Å². The Bertz CT molecular complexity index is 745. The first-order valence-corrected chi connectivity index (χ1v) is 8.89. The average molecular weight is 318 g/mol. The molecule has 2 heterocycles. The van der Waals surface area contributed by atoms with E-state index < -0.39 is 7.92 Å². The Balaban J connectivity index is 2.10. The lowest BCUT2D eigenvalue weighted by Crippen LogP contribution is -2.24. The molecule has 3 rings (SSSR count). The first-order valence-electron chi connectivity index (χ1n) is 7.55. The summed E-state index contributed by atoms with van der Waals surface area (Å²) >= 11 is 0. The highest BCUT2D eigenvalue weighted by molar-refractivity contribution is 7.79. The van der Waals surface area contributed by atoms with Crippen molar-refractivity contribution in [2.24, 2.45) is 0 Å². The highest BCUT2D eigenvalue weighted by Crippen LogP contribution is 2.31. The Morgan fingerprint density at radius 3 is 1.91 bits per heavy atom. The fourth-order valence-electron chi connectivity index (χ4n) is 2.32. The van der Waals surface area contributed by atoms with Gasteiger partial charge in [-0.05, 0) is 42.4 Å². The van der Waals surface area contributed by atoms with Crippen LogP contribution in [0, 0.1) is 13.8 Å². The number of aryl methyl sites for hydroxylation is 2. The van der Waals surface area contributed by atoms with Crippen molar-refractivity contribution in [3.8, 4) is 0 Å². The first kappa shape index (κ1) is 15.6. The van der Waals surface area contributed by atoms with Gasteiger partial charge in [0.05, 0.1) is 10.9 Å². The summed E-state index contributed by atoms with van der Waals surface area (Å²) in [5.41, 5.74) is 5.60. The van der Waals surface area contributed by atoms with Crippen LogP contribution in [-0.4, -0.2) is 9.97 Å². The van der Waals surface area contributed by atoms with Gasteiger partial charge in [-0.2, -0.15) is 0 Å². The molecule has 23 heavy (non-hydrogen) atoms. The van der Waals surface area contributed by atoms with Crippen molar-refractivity contribution in [1.82, 2.24) is 9.97 Å². The van der Waals surface area contributed by atoms with E-state index in [1.807, 2.05) is 18.5 Å². The molecule has 0 radical (unpaired) electrons. The molecule has 3 heteroatoms. The van der Waals surface area contributed by atoms with Crippen molar-refractivity contribution >= 4 is 30.2 Å². The van der Waals surface area contributed by atoms with Gasteiger partial charge in [0, 0.05) is 20.3 Å². The van der Waals surface area contributed by atoms with Crippen LogP contribution in [0.4, 0.5) is 0 Å². The number of pyridine rings is 2. The van der Waals surface area contributed by atoms with Gasteiger partial charge in [-0.1, -0.05) is 54.6 Å². The van der Waals surface area contributed by atoms with Crippen LogP contribution in [0.2, 0.25) is 0 Å². The SMILES string of the molecule is C=Cc1ccc(P(c2ccc(C)cc2)c2ccc(C)cn2)nc1. The van der Waals surface area contributed by atoms with Crippen LogP contribution in [0.5, 0.6) is 0 Å². The average Bonchev–Trinajstić information content (AvgIpc) is 2.59. The van der Waals surface area contributed by atoms with Gasteiger partial charge in [0.15, 0.2) is 0 Å². The molecule has 2 aromatic heterocycles. The number of rotatable bonds is 4. The number of benzene rings is 1. The maximum Gasteiger partial charge on any atom is 0.0737 e. The van der Waals surface area contributed by atoms with Crippen LogP contribution < -0.4 is 16.2 Å². The number of hydrogen-bond donors (Lipinski definition) is 0. The Hall–Kier alpha value is -2.31. The van der Waals surface area contributed by atoms with Crippen molar-refractivity contribution in [2.45, 2.75) is 13.8 Å². The third kappa shape index (κ3) is 3.55. The van der Waals surface area contributed by atoms with Gasteiger partial charge in [0.25, 0.3) is 0 Å². The van der Waals surface area contributed by atoms with Crippen molar-refractivity contribution in [3.05, 3.63) is 84.2 Å². The summed E-state index contributed by atoms with van der Waals surface area (Å²) in [4.78, 5) is 9.33. The van der Waals surface area contributed by atoms with Gasteiger partial charge in [-0.15, -0.1) is 0 Å². The van der Waals surface area contributed by atoms with E-state index in [4.69, 9.17) is 0 Å². The molecule has 0 amide bonds. The van der Waals surface area contributed by atoms with Crippen LogP contribution in [0.15, 0.2) is 67.5 Å². The van der Waals surface area contributed by atoms with Gasteiger partial charge >= 0.3 is 0 Å². The summed E-state index contributed by atoms with van der Waals surface area (Å²) in [6.45, 7) is 7.96. The van der Waals surface area contributed by atoms with Crippen LogP contribution in [0.1, 0.15) is 16.7 Å². The predicted octanol–water partition coefficient (Wildman–Crippen LogP) is 3.49. The van der Waals surface area contributed by atoms with Gasteiger partial charge in [0.1, 0.15) is 0 Å². The van der Waals surface area contributed by atoms with E-state index in [0.717, 1.165) is 16.4 Å². The van der Waals surface area contributed by atoms with E-state index in [0.29, 0.717) is 0 Å². The summed E-state index contributed by atoms with van der Waals surface area (Å²) in [6.07, 6.45) is 5.62. The van der Waals surface area contributed by atoms with Crippen LogP contribution >= 0.6 is 7.92 Å². The summed E-state index contributed by atoms with van der Waals surface area (Å²) < 4.78 is 0. The van der Waals surface area contributed by atoms with E-state index in [-0.39, 0.29) is 0 Å². The maximum absolute atomic E-state index is 4.67. The zero-order chi connectivity index (χ0) is 16.2. The van der Waals surface area contributed by atoms with Crippen LogP contribution in [-0.2, 0) is 0 Å². The Kier molecular flexibility index (Phi) is 4.64. The molecule has 1 aromatic carbocycles. The quantitative estimate of drug-likeness (QED) is 0.688. The molecule has 0 spiro atoms. The Morgan fingerprint density at radius 2 is 1.39 bits per heavy atom. The standard InChI is InChI=1S/C20H19N2P/c1-4-17-8-12-20(22-14-17)23(18-9-5-15(2)6-10-18)19-11-7-16(3)13-21-19/h4-14H,1H2,2-3H3. The van der Waals surface area contributed by atoms with E-state index in [1.165, 1.54) is 16.4 Å². The molecule has 0 saturated carbocycles. The van der Waals surface area contributed by atoms with Crippen molar-refractivity contribution in [2.75, 3.05) is 0 Å². The lowest BCUT2D eigenvalue weighted by atomic mass is 10.2. The topological polar surface area (TPSA) is 25.8 Å². The summed E-state index contributed by atoms with van der Waals surface area (Å²) in [5, 5.41) is 1.26. The molecule has 0 aliphatic rings. The third-order valence-corrected chi connectivity index (χ3v) is 5.91. The van der Waals surface area contributed by atoms with E-state index in [2.05, 4.69) is 78.9 Å². The highest BCUT2D eigenvalue weighted by Gasteiger charge is 2.19. The van der Waals surface area contributed by atoms with Gasteiger partial charge in [-0.3, -0.25) is 9.97 Å². The van der Waals surface area contributed by atoms with Gasteiger partial charge < -0.3 is 0 Å². The molecule has 0 fully saturated rings. The van der Waals surface area contributed by atoms with Gasteiger partial charge in [-0.25, -0.2) is 0 Å². The van der Waals surface area contributed by atoms with Crippen molar-refractivity contribution in [3.63, 3.8) is 0 Å².